The smallest absolute Gasteiger partial charge is 0.236 e. The summed E-state index contributed by atoms with van der Waals surface area (Å²) in [5, 5.41) is 4.02. The van der Waals surface area contributed by atoms with Crippen LogP contribution in [0.5, 0.6) is 11.5 Å². The summed E-state index contributed by atoms with van der Waals surface area (Å²) >= 11 is 6.34. The minimum Gasteiger partial charge on any atom is -0.493 e. The predicted octanol–water partition coefficient (Wildman–Crippen LogP) is 5.87. The highest BCUT2D eigenvalue weighted by Gasteiger charge is 2.44. The molecule has 6 rings (SSSR count). The zero-order chi connectivity index (χ0) is 33.3. The molecular weight excluding hydrogens is 612 g/mol. The van der Waals surface area contributed by atoms with Crippen molar-refractivity contribution in [2.24, 2.45) is 5.92 Å². The largest absolute Gasteiger partial charge is 0.493 e. The van der Waals surface area contributed by atoms with Crippen LogP contribution in [0.3, 0.4) is 0 Å². The van der Waals surface area contributed by atoms with Gasteiger partial charge in [0, 0.05) is 50.5 Å². The van der Waals surface area contributed by atoms with Crippen molar-refractivity contribution >= 4 is 29.1 Å². The lowest BCUT2D eigenvalue weighted by molar-refractivity contribution is -0.135. The number of carbonyl (C=O) groups excluding carboxylic acids is 2. The molecule has 250 valence electrons. The fourth-order valence-electron chi connectivity index (χ4n) is 7.66. The quantitative estimate of drug-likeness (QED) is 0.310. The molecule has 1 saturated heterocycles. The molecule has 0 bridgehead atoms. The van der Waals surface area contributed by atoms with Crippen molar-refractivity contribution in [2.75, 3.05) is 52.3 Å². The lowest BCUT2D eigenvalue weighted by Gasteiger charge is -2.42. The van der Waals surface area contributed by atoms with Crippen LogP contribution in [0.25, 0.3) is 0 Å². The van der Waals surface area contributed by atoms with Gasteiger partial charge in [0.05, 0.1) is 26.2 Å². The first-order valence-corrected chi connectivity index (χ1v) is 17.2. The standard InChI is InChI=1S/C38H47ClN4O4/c1-25(2)47-35-22-33-27(20-34(35)46-5)21-36(44)40-38(33,28-8-12-30(39)13-9-28)29-10-16-31(17-11-29)42(4)23-26-6-14-32(15-7-26)43-19-18-41(3)37(45)24-43/h8-13,16-17,20,22,25-26,32H,6-7,14-15,18-19,21,23-24H2,1-5H3,(H,40,44)/t26?,32?,38-/m1/s1. The van der Waals surface area contributed by atoms with Gasteiger partial charge in [-0.3, -0.25) is 14.5 Å². The molecule has 1 aliphatic carbocycles. The number of nitrogens with one attached hydrogen (secondary N) is 1. The van der Waals surface area contributed by atoms with Gasteiger partial charge in [0.1, 0.15) is 5.54 Å². The van der Waals surface area contributed by atoms with Crippen molar-refractivity contribution in [3.8, 4) is 11.5 Å². The first-order chi connectivity index (χ1) is 22.6. The van der Waals surface area contributed by atoms with Gasteiger partial charge in [-0.2, -0.15) is 0 Å². The maximum absolute atomic E-state index is 13.4. The zero-order valence-electron chi connectivity index (χ0n) is 28.2. The van der Waals surface area contributed by atoms with E-state index in [0.717, 1.165) is 60.4 Å². The summed E-state index contributed by atoms with van der Waals surface area (Å²) in [6.45, 7) is 7.32. The minimum atomic E-state index is -0.948. The number of carbonyl (C=O) groups is 2. The summed E-state index contributed by atoms with van der Waals surface area (Å²) in [5.41, 5.74) is 3.90. The predicted molar refractivity (Wildman–Crippen MR) is 187 cm³/mol. The second-order valence-electron chi connectivity index (χ2n) is 13.7. The lowest BCUT2D eigenvalue weighted by Crippen LogP contribution is -2.53. The molecule has 3 aromatic rings. The van der Waals surface area contributed by atoms with E-state index in [-0.39, 0.29) is 24.3 Å². The van der Waals surface area contributed by atoms with Crippen LogP contribution in [0.15, 0.2) is 60.7 Å². The monoisotopic (exact) mass is 658 g/mol. The van der Waals surface area contributed by atoms with Gasteiger partial charge in [0.15, 0.2) is 11.5 Å². The number of amides is 2. The number of likely N-dealkylation sites (N-methyl/N-ethyl adjacent to an activating group) is 1. The summed E-state index contributed by atoms with van der Waals surface area (Å²) in [6.07, 6.45) is 4.82. The van der Waals surface area contributed by atoms with Crippen LogP contribution in [-0.4, -0.2) is 81.1 Å². The number of ether oxygens (including phenoxy) is 2. The zero-order valence-corrected chi connectivity index (χ0v) is 29.0. The Labute approximate surface area is 284 Å². The number of nitrogens with zero attached hydrogens (tertiary/aromatic N) is 3. The summed E-state index contributed by atoms with van der Waals surface area (Å²) in [5.74, 6) is 2.03. The molecule has 0 radical (unpaired) electrons. The molecule has 1 saturated carbocycles. The number of methoxy groups -OCH3 is 1. The average molecular weight is 659 g/mol. The van der Waals surface area contributed by atoms with Crippen LogP contribution in [0.2, 0.25) is 5.02 Å². The summed E-state index contributed by atoms with van der Waals surface area (Å²) in [6, 6.07) is 20.8. The highest BCUT2D eigenvalue weighted by atomic mass is 35.5. The van der Waals surface area contributed by atoms with Gasteiger partial charge in [-0.25, -0.2) is 0 Å². The SMILES string of the molecule is COc1cc2c(cc1OC(C)C)[C@@](c1ccc(Cl)cc1)(c1ccc(N(C)CC3CCC(N4CCN(C)C(=O)C4)CC3)cc1)NC(=O)C2. The van der Waals surface area contributed by atoms with Crippen LogP contribution in [-0.2, 0) is 21.5 Å². The van der Waals surface area contributed by atoms with Crippen molar-refractivity contribution in [2.45, 2.75) is 63.6 Å². The molecule has 2 aliphatic heterocycles. The van der Waals surface area contributed by atoms with E-state index in [9.17, 15) is 9.59 Å². The van der Waals surface area contributed by atoms with E-state index < -0.39 is 5.54 Å². The Bertz CT molecular complexity index is 1590. The molecule has 2 amide bonds. The third-order valence-corrected chi connectivity index (χ3v) is 10.5. The number of anilines is 1. The van der Waals surface area contributed by atoms with Crippen LogP contribution in [0.1, 0.15) is 61.8 Å². The van der Waals surface area contributed by atoms with Crippen LogP contribution in [0.4, 0.5) is 5.69 Å². The van der Waals surface area contributed by atoms with Crippen LogP contribution >= 0.6 is 11.6 Å². The highest BCUT2D eigenvalue weighted by Crippen LogP contribution is 2.46. The van der Waals surface area contributed by atoms with E-state index in [1.54, 1.807) is 7.11 Å². The molecule has 3 aromatic carbocycles. The number of hydrogen-bond acceptors (Lipinski definition) is 6. The third-order valence-electron chi connectivity index (χ3n) is 10.2. The van der Waals surface area contributed by atoms with Crippen LogP contribution in [0, 0.1) is 5.92 Å². The van der Waals surface area contributed by atoms with E-state index in [4.69, 9.17) is 21.1 Å². The fourth-order valence-corrected chi connectivity index (χ4v) is 7.78. The maximum Gasteiger partial charge on any atom is 0.236 e. The number of benzene rings is 3. The van der Waals surface area contributed by atoms with Gasteiger partial charge >= 0.3 is 0 Å². The fraction of sp³-hybridized carbons (Fsp3) is 0.474. The molecule has 2 heterocycles. The van der Waals surface area contributed by atoms with Gasteiger partial charge in [0.25, 0.3) is 0 Å². The number of rotatable bonds is 9. The number of halogens is 1. The first-order valence-electron chi connectivity index (χ1n) is 16.8. The highest BCUT2D eigenvalue weighted by molar-refractivity contribution is 6.30. The molecule has 1 N–H and O–H groups in total. The van der Waals surface area contributed by atoms with Gasteiger partial charge in [0.2, 0.25) is 11.8 Å². The van der Waals surface area contributed by atoms with Gasteiger partial charge in [-0.1, -0.05) is 35.9 Å². The van der Waals surface area contributed by atoms with Crippen molar-refractivity contribution < 1.29 is 19.1 Å². The molecule has 0 spiro atoms. The van der Waals surface area contributed by atoms with Gasteiger partial charge in [-0.05, 0) is 104 Å². The molecule has 0 aromatic heterocycles. The molecule has 47 heavy (non-hydrogen) atoms. The maximum atomic E-state index is 13.4. The van der Waals surface area contributed by atoms with Crippen molar-refractivity contribution in [1.29, 1.82) is 0 Å². The lowest BCUT2D eigenvalue weighted by atomic mass is 9.72. The van der Waals surface area contributed by atoms with Gasteiger partial charge in [-0.15, -0.1) is 0 Å². The Morgan fingerprint density at radius 2 is 1.62 bits per heavy atom. The molecule has 3 aliphatic rings. The van der Waals surface area contributed by atoms with E-state index in [2.05, 4.69) is 46.4 Å². The second-order valence-corrected chi connectivity index (χ2v) is 14.1. The van der Waals surface area contributed by atoms with Crippen molar-refractivity contribution in [3.05, 3.63) is 87.9 Å². The Hall–Kier alpha value is -3.75. The second kappa shape index (κ2) is 13.8. The third kappa shape index (κ3) is 6.81. The topological polar surface area (TPSA) is 74.4 Å². The Morgan fingerprint density at radius 3 is 2.23 bits per heavy atom. The van der Waals surface area contributed by atoms with Crippen molar-refractivity contribution in [3.63, 3.8) is 0 Å². The molecule has 2 fully saturated rings. The van der Waals surface area contributed by atoms with E-state index in [1.165, 1.54) is 12.8 Å². The van der Waals surface area contributed by atoms with Crippen LogP contribution < -0.4 is 19.7 Å². The molecular formula is C38H47ClN4O4. The molecule has 0 unspecified atom stereocenters. The summed E-state index contributed by atoms with van der Waals surface area (Å²) in [4.78, 5) is 32.3. The average Bonchev–Trinajstić information content (AvgIpc) is 3.06. The van der Waals surface area contributed by atoms with E-state index in [0.29, 0.717) is 35.0 Å². The Morgan fingerprint density at radius 1 is 0.957 bits per heavy atom. The Balaban J connectivity index is 1.26. The molecule has 1 atom stereocenters. The number of hydrogen-bond donors (Lipinski definition) is 1. The summed E-state index contributed by atoms with van der Waals surface area (Å²) in [7, 11) is 5.69. The minimum absolute atomic E-state index is 0.0501. The molecule has 9 heteroatoms. The summed E-state index contributed by atoms with van der Waals surface area (Å²) < 4.78 is 11.9. The normalized spacial score (nSPS) is 23.3. The number of fused-ring (bicyclic) bond motifs is 1. The van der Waals surface area contributed by atoms with Crippen molar-refractivity contribution in [1.82, 2.24) is 15.1 Å². The van der Waals surface area contributed by atoms with E-state index in [1.807, 2.05) is 62.2 Å². The first kappa shape index (κ1) is 33.2. The van der Waals surface area contributed by atoms with E-state index >= 15 is 0 Å². The number of piperazine rings is 1. The Kier molecular flexibility index (Phi) is 9.72. The van der Waals surface area contributed by atoms with Gasteiger partial charge < -0.3 is 24.6 Å². The molecule has 8 nitrogen and oxygen atoms in total.